The summed E-state index contributed by atoms with van der Waals surface area (Å²) in [6, 6.07) is 10.4. The maximum atomic E-state index is 12.2. The number of carbonyl (C=O) groups excluding carboxylic acids is 1. The third-order valence-electron chi connectivity index (χ3n) is 6.58. The largest absolute Gasteiger partial charge is 0.379 e. The van der Waals surface area contributed by atoms with Crippen LogP contribution >= 0.6 is 24.0 Å². The number of rotatable bonds is 7. The molecule has 1 aromatic rings. The number of guanidine groups is 1. The van der Waals surface area contributed by atoms with Crippen LogP contribution in [0.4, 0.5) is 0 Å². The van der Waals surface area contributed by atoms with Crippen molar-refractivity contribution in [2.45, 2.75) is 50.6 Å². The maximum absolute atomic E-state index is 12.2. The molecule has 1 atom stereocenters. The number of benzene rings is 1. The number of hydrogen-bond donors (Lipinski definition) is 2. The van der Waals surface area contributed by atoms with Crippen molar-refractivity contribution < 1.29 is 9.53 Å². The molecule has 7 nitrogen and oxygen atoms in total. The topological polar surface area (TPSA) is 69.2 Å². The van der Waals surface area contributed by atoms with Gasteiger partial charge in [-0.3, -0.25) is 9.69 Å². The van der Waals surface area contributed by atoms with Gasteiger partial charge in [-0.05, 0) is 25.3 Å². The molecule has 1 saturated carbocycles. The van der Waals surface area contributed by atoms with Gasteiger partial charge in [-0.1, -0.05) is 49.6 Å². The Kier molecular flexibility index (Phi) is 11.2. The van der Waals surface area contributed by atoms with Gasteiger partial charge in [0.15, 0.2) is 5.96 Å². The molecule has 1 unspecified atom stereocenters. The van der Waals surface area contributed by atoms with Crippen LogP contribution in [0.25, 0.3) is 0 Å². The van der Waals surface area contributed by atoms with Gasteiger partial charge in [-0.2, -0.15) is 0 Å². The highest BCUT2D eigenvalue weighted by Crippen LogP contribution is 2.33. The number of amides is 1. The molecule has 0 aromatic heterocycles. The zero-order valence-corrected chi connectivity index (χ0v) is 22.1. The fourth-order valence-electron chi connectivity index (χ4n) is 4.57. The van der Waals surface area contributed by atoms with Crippen LogP contribution in [-0.2, 0) is 9.53 Å². The summed E-state index contributed by atoms with van der Waals surface area (Å²) < 4.78 is 5.61. The van der Waals surface area contributed by atoms with Gasteiger partial charge >= 0.3 is 0 Å². The highest BCUT2D eigenvalue weighted by Gasteiger charge is 2.38. The molecule has 32 heavy (non-hydrogen) atoms. The van der Waals surface area contributed by atoms with E-state index in [-0.39, 0.29) is 48.0 Å². The number of ether oxygens (including phenoxy) is 1. The summed E-state index contributed by atoms with van der Waals surface area (Å²) in [5, 5.41) is 7.12. The summed E-state index contributed by atoms with van der Waals surface area (Å²) >= 11 is 0. The Morgan fingerprint density at radius 2 is 1.81 bits per heavy atom. The summed E-state index contributed by atoms with van der Waals surface area (Å²) in [7, 11) is 3.53. The lowest BCUT2D eigenvalue weighted by Crippen LogP contribution is -2.60. The SMILES string of the molecule is CC(NC(=NCC(=O)N(C)C)NCC1(N2CCOCC2)CCCCC1)c1ccccc1.I. The Labute approximate surface area is 210 Å². The van der Waals surface area contributed by atoms with E-state index >= 15 is 0 Å². The molecule has 8 heteroatoms. The van der Waals surface area contributed by atoms with E-state index in [0.29, 0.717) is 5.96 Å². The lowest BCUT2D eigenvalue weighted by atomic mass is 9.80. The first-order valence-corrected chi connectivity index (χ1v) is 11.6. The zero-order valence-electron chi connectivity index (χ0n) is 19.8. The summed E-state index contributed by atoms with van der Waals surface area (Å²) in [5.41, 5.74) is 1.32. The van der Waals surface area contributed by atoms with E-state index in [0.717, 1.165) is 32.8 Å². The number of likely N-dealkylation sites (N-methyl/N-ethyl adjacent to an activating group) is 1. The van der Waals surface area contributed by atoms with E-state index in [1.54, 1.807) is 19.0 Å². The molecule has 2 fully saturated rings. The molecule has 1 aliphatic carbocycles. The minimum absolute atomic E-state index is 0. The average Bonchev–Trinajstić information content (AvgIpc) is 2.82. The Hall–Kier alpha value is -1.39. The maximum Gasteiger partial charge on any atom is 0.243 e. The fraction of sp³-hybridized carbons (Fsp3) is 0.667. The van der Waals surface area contributed by atoms with Crippen LogP contribution in [-0.4, -0.2) is 80.7 Å². The molecule has 1 heterocycles. The van der Waals surface area contributed by atoms with Gasteiger partial charge in [0.05, 0.1) is 19.3 Å². The molecule has 0 bridgehead atoms. The normalized spacial score (nSPS) is 20.0. The average molecular weight is 558 g/mol. The van der Waals surface area contributed by atoms with Crippen LogP contribution in [0.3, 0.4) is 0 Å². The number of carbonyl (C=O) groups is 1. The second kappa shape index (κ2) is 13.3. The van der Waals surface area contributed by atoms with Crippen LogP contribution in [0, 0.1) is 0 Å². The van der Waals surface area contributed by atoms with E-state index in [1.165, 1.54) is 37.7 Å². The van der Waals surface area contributed by atoms with E-state index < -0.39 is 0 Å². The smallest absolute Gasteiger partial charge is 0.243 e. The molecule has 2 aliphatic rings. The first-order valence-electron chi connectivity index (χ1n) is 11.6. The van der Waals surface area contributed by atoms with Crippen molar-refractivity contribution in [3.8, 4) is 0 Å². The standard InChI is InChI=1S/C24H39N5O2.HI/c1-20(21-10-6-4-7-11-21)27-23(25-18-22(30)28(2)3)26-19-24(12-8-5-9-13-24)29-14-16-31-17-15-29;/h4,6-7,10-11,20H,5,8-9,12-19H2,1-3H3,(H2,25,26,27);1H. The van der Waals surface area contributed by atoms with Crippen molar-refractivity contribution in [1.82, 2.24) is 20.4 Å². The molecule has 180 valence electrons. The number of morpholine rings is 1. The van der Waals surface area contributed by atoms with Crippen LogP contribution < -0.4 is 10.6 Å². The lowest BCUT2D eigenvalue weighted by molar-refractivity contribution is -0.127. The minimum Gasteiger partial charge on any atom is -0.379 e. The molecule has 3 rings (SSSR count). The molecule has 1 saturated heterocycles. The molecule has 1 aromatic carbocycles. The Bertz CT molecular complexity index is 716. The lowest BCUT2D eigenvalue weighted by Gasteiger charge is -2.48. The molecule has 2 N–H and O–H groups in total. The van der Waals surface area contributed by atoms with Crippen molar-refractivity contribution >= 4 is 35.8 Å². The van der Waals surface area contributed by atoms with Gasteiger partial charge in [-0.15, -0.1) is 24.0 Å². The predicted octanol–water partition coefficient (Wildman–Crippen LogP) is 3.02. The monoisotopic (exact) mass is 557 g/mol. The number of aliphatic imine (C=N–C) groups is 1. The fourth-order valence-corrected chi connectivity index (χ4v) is 4.57. The molecular weight excluding hydrogens is 517 g/mol. The quantitative estimate of drug-likeness (QED) is 0.307. The Balaban J connectivity index is 0.00000363. The van der Waals surface area contributed by atoms with Crippen molar-refractivity contribution in [2.75, 3.05) is 53.5 Å². The van der Waals surface area contributed by atoms with Crippen LogP contribution in [0.2, 0.25) is 0 Å². The predicted molar refractivity (Wildman–Crippen MR) is 141 cm³/mol. The summed E-state index contributed by atoms with van der Waals surface area (Å²) in [5.74, 6) is 0.693. The number of hydrogen-bond acceptors (Lipinski definition) is 4. The van der Waals surface area contributed by atoms with Crippen LogP contribution in [0.1, 0.15) is 50.6 Å². The minimum atomic E-state index is -0.00553. The van der Waals surface area contributed by atoms with Crippen molar-refractivity contribution in [3.63, 3.8) is 0 Å². The van der Waals surface area contributed by atoms with Crippen LogP contribution in [0.15, 0.2) is 35.3 Å². The summed E-state index contributed by atoms with van der Waals surface area (Å²) in [6.07, 6.45) is 6.22. The molecule has 0 radical (unpaired) electrons. The highest BCUT2D eigenvalue weighted by atomic mass is 127. The first-order chi connectivity index (χ1) is 15.0. The zero-order chi connectivity index (χ0) is 22.1. The van der Waals surface area contributed by atoms with E-state index in [4.69, 9.17) is 4.74 Å². The number of nitrogens with zero attached hydrogens (tertiary/aromatic N) is 3. The van der Waals surface area contributed by atoms with Crippen molar-refractivity contribution in [3.05, 3.63) is 35.9 Å². The molecule has 0 spiro atoms. The summed E-state index contributed by atoms with van der Waals surface area (Å²) in [4.78, 5) is 21.0. The van der Waals surface area contributed by atoms with E-state index in [1.807, 2.05) is 18.2 Å². The second-order valence-corrected chi connectivity index (χ2v) is 8.97. The van der Waals surface area contributed by atoms with E-state index in [2.05, 4.69) is 39.6 Å². The number of nitrogens with one attached hydrogen (secondary N) is 2. The third kappa shape index (κ3) is 7.59. The van der Waals surface area contributed by atoms with Gasteiger partial charge in [-0.25, -0.2) is 4.99 Å². The van der Waals surface area contributed by atoms with Crippen LogP contribution in [0.5, 0.6) is 0 Å². The first kappa shape index (κ1) is 26.9. The Morgan fingerprint density at radius 3 is 2.44 bits per heavy atom. The molecular formula is C24H40IN5O2. The van der Waals surface area contributed by atoms with Gasteiger partial charge in [0, 0.05) is 39.3 Å². The van der Waals surface area contributed by atoms with Gasteiger partial charge in [0.25, 0.3) is 0 Å². The van der Waals surface area contributed by atoms with Gasteiger partial charge < -0.3 is 20.3 Å². The second-order valence-electron chi connectivity index (χ2n) is 8.97. The van der Waals surface area contributed by atoms with Gasteiger partial charge in [0.2, 0.25) is 5.91 Å². The third-order valence-corrected chi connectivity index (χ3v) is 6.58. The van der Waals surface area contributed by atoms with E-state index in [9.17, 15) is 4.79 Å². The highest BCUT2D eigenvalue weighted by molar-refractivity contribution is 14.0. The Morgan fingerprint density at radius 1 is 1.16 bits per heavy atom. The molecule has 1 aliphatic heterocycles. The van der Waals surface area contributed by atoms with Crippen molar-refractivity contribution in [1.29, 1.82) is 0 Å². The van der Waals surface area contributed by atoms with Crippen molar-refractivity contribution in [2.24, 2.45) is 4.99 Å². The number of halogens is 1. The summed E-state index contributed by atoms with van der Waals surface area (Å²) in [6.45, 7) is 6.68. The molecule has 1 amide bonds. The van der Waals surface area contributed by atoms with Gasteiger partial charge in [0.1, 0.15) is 6.54 Å².